The fourth-order valence-corrected chi connectivity index (χ4v) is 15.6. The number of carbonyl (C=O) groups excluding carboxylic acids is 10. The molecule has 8 rings (SSSR count). The third-order valence-corrected chi connectivity index (χ3v) is 21.7. The molecule has 0 bridgehead atoms. The van der Waals surface area contributed by atoms with Crippen LogP contribution in [0.3, 0.4) is 0 Å². The van der Waals surface area contributed by atoms with Gasteiger partial charge in [-0.15, -0.1) is 45.9 Å². The second-order valence-electron chi connectivity index (χ2n) is 26.6. The predicted octanol–water partition coefficient (Wildman–Crippen LogP) is 8.63. The van der Waals surface area contributed by atoms with E-state index in [1.165, 1.54) is 69.7 Å². The lowest BCUT2D eigenvalue weighted by atomic mass is 9.89. The molecule has 31 nitrogen and oxygen atoms in total. The fourth-order valence-electron chi connectivity index (χ4n) is 12.6. The molecule has 109 heavy (non-hydrogen) atoms. The molecule has 0 aliphatic carbocycles. The number of aryl methyl sites for hydroxylation is 2. The lowest BCUT2D eigenvalue weighted by molar-refractivity contribution is -0.138. The molecule has 3 aliphatic heterocycles. The number of hydrogen-bond donors (Lipinski definition) is 6. The number of urea groups is 1. The number of nitrogens with zero attached hydrogens (tertiary/aromatic N) is 5. The van der Waals surface area contributed by atoms with Crippen LogP contribution in [0, 0.1) is 25.7 Å². The molecule has 3 aliphatic rings. The highest BCUT2D eigenvalue weighted by Crippen LogP contribution is 2.53. The molecule has 0 saturated carbocycles. The van der Waals surface area contributed by atoms with Gasteiger partial charge >= 0.3 is 26.0 Å². The van der Waals surface area contributed by atoms with Crippen molar-refractivity contribution < 1.29 is 105 Å². The molecule has 0 unspecified atom stereocenters. The van der Waals surface area contributed by atoms with Crippen LogP contribution in [0.2, 0.25) is 0 Å². The molecular weight excluding hydrogens is 1520 g/mol. The maximum absolute atomic E-state index is 14.3. The average Bonchev–Trinajstić information content (AvgIpc) is 1.59. The largest absolute Gasteiger partial charge is 0.524 e. The molecule has 0 fully saturated rings. The SMILES string of the molecule is Cc1csc2c(OC(=O)N(C)CCN(C)C(=O)OCc3ccc(NC(=O)[C@H](CCCNC(N)=O)CC(=O)[C@@H](NC(=O)CCOCCOCCOCCOCCOCCOCCN4C(=O)C=CC4=O)C(C)C)cc3)cc3c(c12)[C@H](CCl)CN3C(=O)CCCC(=O)N1C[C@@H](CCl)c2c1cc(OP(=O)(O)O)c1scc(C)c21. The van der Waals surface area contributed by atoms with Gasteiger partial charge in [-0.1, -0.05) is 26.0 Å². The van der Waals surface area contributed by atoms with Gasteiger partial charge in [0.1, 0.15) is 6.61 Å². The summed E-state index contributed by atoms with van der Waals surface area (Å²) in [6, 6.07) is 8.02. The fraction of sp³-hybridized carbons (Fsp3) is 0.534. The summed E-state index contributed by atoms with van der Waals surface area (Å²) in [5.74, 6) is -3.67. The van der Waals surface area contributed by atoms with Crippen LogP contribution in [0.15, 0.2) is 59.3 Å². The highest BCUT2D eigenvalue weighted by atomic mass is 35.5. The maximum atomic E-state index is 14.3. The zero-order valence-corrected chi connectivity index (χ0v) is 65.9. The quantitative estimate of drug-likeness (QED) is 0.00918. The first-order valence-corrected chi connectivity index (χ1v) is 40.2. The van der Waals surface area contributed by atoms with Crippen molar-refractivity contribution in [3.63, 3.8) is 0 Å². The van der Waals surface area contributed by atoms with Crippen molar-refractivity contribution in [3.8, 4) is 11.5 Å². The van der Waals surface area contributed by atoms with Crippen LogP contribution in [0.4, 0.5) is 31.4 Å². The topological polar surface area (TPSA) is 390 Å². The van der Waals surface area contributed by atoms with Crippen molar-refractivity contribution in [1.29, 1.82) is 0 Å². The number of ether oxygens (including phenoxy) is 8. The standard InChI is InChI=1S/C73H96Cl2N9O22PS2/c1-45(2)67(79-58(86)18-23-98-25-27-100-29-31-102-33-34-103-32-30-101-28-26-99-24-22-82-61(89)16-17-62(82)90)55(85)35-49(9-8-19-77-71(76)92)70(91)78-52-14-12-48(13-15-52)42-104-72(93)80(5)20-21-81(6)73(94)105-56-36-53-65(63-46(3)43-108-68(56)63)50(38-74)40-83(53)59(87)10-7-11-60(88)84-41-51(39-75)66-54(84)37-57(106-107(95,96)97)69-64(66)47(4)44-109-69/h12-17,36-37,43-45,49-51,67H,7-11,18-35,38-42H2,1-6H3,(H,78,91)(H,79,86)(H3,76,77,92)(H2,95,96,97)/t49-,50-,51-,67+/m1/s1. The average molecular weight is 1620 g/mol. The van der Waals surface area contributed by atoms with Crippen LogP contribution in [-0.2, 0) is 77.9 Å². The van der Waals surface area contributed by atoms with Crippen molar-refractivity contribution in [3.05, 3.63) is 87.1 Å². The van der Waals surface area contributed by atoms with E-state index in [0.717, 1.165) is 37.9 Å². The third-order valence-electron chi connectivity index (χ3n) is 18.2. The van der Waals surface area contributed by atoms with Crippen molar-refractivity contribution in [1.82, 2.24) is 25.3 Å². The third kappa shape index (κ3) is 25.1. The number of phosphoric acid groups is 1. The summed E-state index contributed by atoms with van der Waals surface area (Å²) in [6.07, 6.45) is 1.41. The van der Waals surface area contributed by atoms with Crippen LogP contribution < -0.4 is 40.7 Å². The Bertz CT molecular complexity index is 4080. The van der Waals surface area contributed by atoms with E-state index in [1.54, 1.807) is 49.1 Å². The molecule has 2 aromatic heterocycles. The lowest BCUT2D eigenvalue weighted by Crippen LogP contribution is -2.45. The number of primary amides is 1. The van der Waals surface area contributed by atoms with Gasteiger partial charge in [0.25, 0.3) is 11.8 Å². The first-order valence-electron chi connectivity index (χ1n) is 35.8. The van der Waals surface area contributed by atoms with E-state index in [9.17, 15) is 62.3 Å². The smallest absolute Gasteiger partial charge is 0.445 e. The maximum Gasteiger partial charge on any atom is 0.524 e. The number of phosphoric ester groups is 1. The van der Waals surface area contributed by atoms with E-state index in [1.807, 2.05) is 24.6 Å². The number of carbonyl (C=O) groups is 10. The number of thiophene rings is 2. The number of Topliss-reactive ketones (excluding diaryl/α,β-unsaturated/α-hetero) is 1. The second kappa shape index (κ2) is 42.5. The second-order valence-corrected chi connectivity index (χ2v) is 30.2. The van der Waals surface area contributed by atoms with Crippen LogP contribution in [0.1, 0.15) is 98.4 Å². The summed E-state index contributed by atoms with van der Waals surface area (Å²) in [4.78, 5) is 157. The number of amides is 10. The van der Waals surface area contributed by atoms with Crippen molar-refractivity contribution in [2.75, 3.05) is 160 Å². The van der Waals surface area contributed by atoms with Crippen molar-refractivity contribution in [2.45, 2.75) is 97.1 Å². The number of alkyl halides is 2. The Morgan fingerprint density at radius 2 is 1.16 bits per heavy atom. The minimum atomic E-state index is -4.96. The number of rotatable bonds is 46. The number of anilines is 3. The Kier molecular flexibility index (Phi) is 33.8. The summed E-state index contributed by atoms with van der Waals surface area (Å²) in [5, 5.41) is 13.5. The molecule has 0 saturated heterocycles. The minimum Gasteiger partial charge on any atom is -0.445 e. The number of imide groups is 1. The number of likely N-dealkylation sites (N-methyl/N-ethyl adjacent to an activating group) is 2. The van der Waals surface area contributed by atoms with Gasteiger partial charge in [0.2, 0.25) is 23.6 Å². The number of halogens is 2. The molecule has 0 radical (unpaired) electrons. The summed E-state index contributed by atoms with van der Waals surface area (Å²) in [5.41, 5.74) is 10.6. The zero-order chi connectivity index (χ0) is 78.9. The number of nitrogens with two attached hydrogens (primary N) is 1. The Morgan fingerprint density at radius 3 is 1.65 bits per heavy atom. The first-order chi connectivity index (χ1) is 52.2. The first kappa shape index (κ1) is 86.7. The number of hydrogen-bond acceptors (Lipinski definition) is 22. The van der Waals surface area contributed by atoms with Gasteiger partial charge in [-0.3, -0.25) is 48.2 Å². The Morgan fingerprint density at radius 1 is 0.670 bits per heavy atom. The molecule has 7 N–H and O–H groups in total. The lowest BCUT2D eigenvalue weighted by Gasteiger charge is -2.24. The van der Waals surface area contributed by atoms with Gasteiger partial charge in [-0.2, -0.15) is 0 Å². The van der Waals surface area contributed by atoms with E-state index in [-0.39, 0.29) is 181 Å². The van der Waals surface area contributed by atoms with E-state index >= 15 is 0 Å². The zero-order valence-electron chi connectivity index (χ0n) is 61.9. The molecule has 596 valence electrons. The van der Waals surface area contributed by atoms with Gasteiger partial charge in [0, 0.05) is 143 Å². The normalized spacial score (nSPS) is 15.2. The van der Waals surface area contributed by atoms with E-state index in [4.69, 9.17) is 71.4 Å². The molecule has 36 heteroatoms. The number of nitrogens with one attached hydrogen (secondary N) is 3. The van der Waals surface area contributed by atoms with Gasteiger partial charge in [0.05, 0.1) is 113 Å². The number of ketones is 1. The van der Waals surface area contributed by atoms with Crippen LogP contribution in [0.5, 0.6) is 11.5 Å². The molecule has 10 amide bonds. The highest BCUT2D eigenvalue weighted by Gasteiger charge is 2.39. The number of fused-ring (bicyclic) bond motifs is 6. The van der Waals surface area contributed by atoms with Crippen LogP contribution >= 0.6 is 53.7 Å². The molecular formula is C73H96Cl2N9O22PS2. The summed E-state index contributed by atoms with van der Waals surface area (Å²) in [6.45, 7) is 11.6. The van der Waals surface area contributed by atoms with Crippen LogP contribution in [0.25, 0.3) is 20.2 Å². The molecule has 5 heterocycles. The van der Waals surface area contributed by atoms with Gasteiger partial charge < -0.3 is 83.7 Å². The predicted molar refractivity (Wildman–Crippen MR) is 410 cm³/mol. The highest BCUT2D eigenvalue weighted by molar-refractivity contribution is 7.46. The van der Waals surface area contributed by atoms with E-state index in [2.05, 4.69) is 16.0 Å². The molecule has 3 aromatic carbocycles. The monoisotopic (exact) mass is 1620 g/mol. The van der Waals surface area contributed by atoms with Gasteiger partial charge in [-0.05, 0) is 89.7 Å². The minimum absolute atomic E-state index is 0.0212. The number of benzene rings is 3. The summed E-state index contributed by atoms with van der Waals surface area (Å²) >= 11 is 15.7. The van der Waals surface area contributed by atoms with E-state index in [0.29, 0.717) is 91.3 Å². The summed E-state index contributed by atoms with van der Waals surface area (Å²) in [7, 11) is -1.93. The van der Waals surface area contributed by atoms with Crippen LogP contribution in [-0.4, -0.2) is 234 Å². The molecule has 5 aromatic rings. The Labute approximate surface area is 649 Å². The Balaban J connectivity index is 0.730. The Hall–Kier alpha value is -7.89. The van der Waals surface area contributed by atoms with Gasteiger partial charge in [0.15, 0.2) is 17.3 Å². The summed E-state index contributed by atoms with van der Waals surface area (Å²) < 4.78 is 63.0. The molecule has 4 atom stereocenters. The van der Waals surface area contributed by atoms with Crippen molar-refractivity contribution in [2.24, 2.45) is 17.6 Å². The molecule has 0 spiro atoms. The van der Waals surface area contributed by atoms with Gasteiger partial charge in [-0.25, -0.2) is 18.9 Å². The van der Waals surface area contributed by atoms with Crippen molar-refractivity contribution >= 4 is 150 Å². The van der Waals surface area contributed by atoms with E-state index < -0.39 is 49.8 Å².